The number of nitrogens with one attached hydrogen (secondary N) is 1. The maximum absolute atomic E-state index is 13.1. The van der Waals surface area contributed by atoms with Crippen LogP contribution in [-0.4, -0.2) is 18.4 Å². The molecule has 0 spiro atoms. The molecule has 4 rings (SSSR count). The number of rotatable bonds is 2. The molecule has 2 heterocycles. The first-order valence-corrected chi connectivity index (χ1v) is 8.28. The van der Waals surface area contributed by atoms with E-state index in [4.69, 9.17) is 0 Å². The molecule has 0 unspecified atom stereocenters. The van der Waals surface area contributed by atoms with Crippen molar-refractivity contribution in [2.75, 3.05) is 16.8 Å². The number of aryl methyl sites for hydroxylation is 1. The molecule has 0 saturated carbocycles. The second kappa shape index (κ2) is 5.86. The van der Waals surface area contributed by atoms with Gasteiger partial charge in [-0.2, -0.15) is 13.2 Å². The molecule has 26 heavy (non-hydrogen) atoms. The van der Waals surface area contributed by atoms with Gasteiger partial charge in [-0.15, -0.1) is 0 Å². The number of carbonyl (C=O) groups is 2. The molecule has 7 heteroatoms. The van der Waals surface area contributed by atoms with Crippen LogP contribution in [0, 0.1) is 0 Å². The Morgan fingerprint density at radius 3 is 2.46 bits per heavy atom. The summed E-state index contributed by atoms with van der Waals surface area (Å²) in [6.07, 6.45) is -2.95. The van der Waals surface area contributed by atoms with Crippen LogP contribution in [0.15, 0.2) is 36.4 Å². The van der Waals surface area contributed by atoms with Crippen LogP contribution in [0.5, 0.6) is 0 Å². The van der Waals surface area contributed by atoms with E-state index in [1.54, 1.807) is 17.0 Å². The molecular weight excluding hydrogens is 345 g/mol. The molecule has 2 aromatic carbocycles. The molecule has 2 aliphatic heterocycles. The Kier molecular flexibility index (Phi) is 3.75. The predicted octanol–water partition coefficient (Wildman–Crippen LogP) is 3.79. The Bertz CT molecular complexity index is 921. The van der Waals surface area contributed by atoms with Gasteiger partial charge in [0.2, 0.25) is 5.91 Å². The first kappa shape index (κ1) is 16.6. The second-order valence-electron chi connectivity index (χ2n) is 6.44. The Morgan fingerprint density at radius 1 is 1.04 bits per heavy atom. The fourth-order valence-electron chi connectivity index (χ4n) is 3.66. The third kappa shape index (κ3) is 2.73. The van der Waals surface area contributed by atoms with E-state index in [1.807, 2.05) is 0 Å². The molecule has 1 N–H and O–H groups in total. The molecule has 4 nitrogen and oxygen atoms in total. The highest BCUT2D eigenvalue weighted by Gasteiger charge is 2.35. The fraction of sp³-hybridized carbons (Fsp3) is 0.263. The van der Waals surface area contributed by atoms with Crippen molar-refractivity contribution in [1.29, 1.82) is 0 Å². The number of amides is 2. The topological polar surface area (TPSA) is 49.4 Å². The zero-order valence-electron chi connectivity index (χ0n) is 13.7. The number of carbonyl (C=O) groups excluding carboxylic acids is 2. The van der Waals surface area contributed by atoms with Crippen LogP contribution in [0.4, 0.5) is 24.5 Å². The monoisotopic (exact) mass is 360 g/mol. The molecule has 0 radical (unpaired) electrons. The maximum atomic E-state index is 13.1. The van der Waals surface area contributed by atoms with Crippen molar-refractivity contribution in [3.05, 3.63) is 58.7 Å². The number of alkyl halides is 3. The lowest BCUT2D eigenvalue weighted by molar-refractivity contribution is -0.137. The number of anilines is 2. The molecule has 0 saturated heterocycles. The van der Waals surface area contributed by atoms with E-state index in [2.05, 4.69) is 5.32 Å². The number of benzene rings is 2. The molecule has 2 aromatic rings. The van der Waals surface area contributed by atoms with Crippen LogP contribution in [0.1, 0.15) is 33.5 Å². The number of hydrogen-bond donors (Lipinski definition) is 1. The van der Waals surface area contributed by atoms with E-state index in [0.717, 1.165) is 28.9 Å². The van der Waals surface area contributed by atoms with Crippen molar-refractivity contribution >= 4 is 23.2 Å². The fourth-order valence-corrected chi connectivity index (χ4v) is 3.66. The molecule has 2 amide bonds. The van der Waals surface area contributed by atoms with Crippen molar-refractivity contribution in [3.63, 3.8) is 0 Å². The lowest BCUT2D eigenvalue weighted by Gasteiger charge is -2.26. The Labute approximate surface area is 147 Å². The highest BCUT2D eigenvalue weighted by molar-refractivity contribution is 6.06. The Morgan fingerprint density at radius 2 is 1.73 bits per heavy atom. The summed E-state index contributed by atoms with van der Waals surface area (Å²) >= 11 is 0. The number of halogens is 3. The van der Waals surface area contributed by atoms with Gasteiger partial charge in [0.25, 0.3) is 5.91 Å². The third-order valence-electron chi connectivity index (χ3n) is 4.79. The standard InChI is InChI=1S/C19H15F3N2O2/c20-19(21,22)15-4-2-1-3-14(15)18(26)23-13-9-11-5-6-16(25)24-8-7-12(10-13)17(11)24/h1-4,9-10H,5-8H2,(H,23,26). The molecular formula is C19H15F3N2O2. The summed E-state index contributed by atoms with van der Waals surface area (Å²) in [5.74, 6) is -0.709. The van der Waals surface area contributed by atoms with Gasteiger partial charge in [0.05, 0.1) is 16.8 Å². The second-order valence-corrected chi connectivity index (χ2v) is 6.44. The summed E-state index contributed by atoms with van der Waals surface area (Å²) in [6.45, 7) is 0.607. The Hall–Kier alpha value is -2.83. The van der Waals surface area contributed by atoms with Gasteiger partial charge in [-0.05, 0) is 48.2 Å². The normalized spacial score (nSPS) is 15.8. The van der Waals surface area contributed by atoms with Crippen LogP contribution in [-0.2, 0) is 23.8 Å². The van der Waals surface area contributed by atoms with Crippen LogP contribution in [0.3, 0.4) is 0 Å². The van der Waals surface area contributed by atoms with Crippen molar-refractivity contribution in [2.24, 2.45) is 0 Å². The number of nitrogens with zero attached hydrogens (tertiary/aromatic N) is 1. The van der Waals surface area contributed by atoms with Gasteiger partial charge in [0.1, 0.15) is 0 Å². The SMILES string of the molecule is O=C(Nc1cc2c3c(c1)CCN3C(=O)CC2)c1ccccc1C(F)(F)F. The van der Waals surface area contributed by atoms with Gasteiger partial charge in [0, 0.05) is 18.7 Å². The van der Waals surface area contributed by atoms with Gasteiger partial charge in [-0.25, -0.2) is 0 Å². The number of hydrogen-bond acceptors (Lipinski definition) is 2. The first-order valence-electron chi connectivity index (χ1n) is 8.28. The van der Waals surface area contributed by atoms with E-state index in [-0.39, 0.29) is 5.91 Å². The summed E-state index contributed by atoms with van der Waals surface area (Å²) in [4.78, 5) is 26.1. The van der Waals surface area contributed by atoms with Crippen LogP contribution < -0.4 is 10.2 Å². The van der Waals surface area contributed by atoms with E-state index in [1.165, 1.54) is 12.1 Å². The summed E-state index contributed by atoms with van der Waals surface area (Å²) in [6, 6.07) is 8.20. The molecule has 134 valence electrons. The van der Waals surface area contributed by atoms with E-state index >= 15 is 0 Å². The minimum atomic E-state index is -4.60. The highest BCUT2D eigenvalue weighted by atomic mass is 19.4. The summed E-state index contributed by atoms with van der Waals surface area (Å²) < 4.78 is 39.3. The average molecular weight is 360 g/mol. The summed E-state index contributed by atoms with van der Waals surface area (Å²) in [5, 5.41) is 2.58. The quantitative estimate of drug-likeness (QED) is 0.886. The van der Waals surface area contributed by atoms with Gasteiger partial charge >= 0.3 is 6.18 Å². The van der Waals surface area contributed by atoms with Crippen LogP contribution in [0.2, 0.25) is 0 Å². The molecule has 0 aliphatic carbocycles. The van der Waals surface area contributed by atoms with E-state index in [0.29, 0.717) is 31.5 Å². The van der Waals surface area contributed by atoms with E-state index < -0.39 is 23.2 Å². The lowest BCUT2D eigenvalue weighted by Crippen LogP contribution is -2.32. The van der Waals surface area contributed by atoms with E-state index in [9.17, 15) is 22.8 Å². The van der Waals surface area contributed by atoms with Crippen molar-refractivity contribution in [2.45, 2.75) is 25.4 Å². The van der Waals surface area contributed by atoms with Gasteiger partial charge in [-0.1, -0.05) is 12.1 Å². The predicted molar refractivity (Wildman–Crippen MR) is 90.2 cm³/mol. The molecule has 0 atom stereocenters. The maximum Gasteiger partial charge on any atom is 0.417 e. The van der Waals surface area contributed by atoms with Gasteiger partial charge in [0.15, 0.2) is 0 Å². The minimum Gasteiger partial charge on any atom is -0.322 e. The zero-order valence-corrected chi connectivity index (χ0v) is 13.7. The van der Waals surface area contributed by atoms with Gasteiger partial charge < -0.3 is 10.2 Å². The Balaban J connectivity index is 1.66. The van der Waals surface area contributed by atoms with Crippen LogP contribution >= 0.6 is 0 Å². The molecule has 0 bridgehead atoms. The molecule has 0 aromatic heterocycles. The van der Waals surface area contributed by atoms with Crippen molar-refractivity contribution < 1.29 is 22.8 Å². The minimum absolute atomic E-state index is 0.0899. The van der Waals surface area contributed by atoms with Crippen molar-refractivity contribution in [1.82, 2.24) is 0 Å². The van der Waals surface area contributed by atoms with Crippen molar-refractivity contribution in [3.8, 4) is 0 Å². The average Bonchev–Trinajstić information content (AvgIpc) is 3.03. The first-order chi connectivity index (χ1) is 12.3. The smallest absolute Gasteiger partial charge is 0.322 e. The van der Waals surface area contributed by atoms with Crippen LogP contribution in [0.25, 0.3) is 0 Å². The summed E-state index contributed by atoms with van der Waals surface area (Å²) in [7, 11) is 0. The lowest BCUT2D eigenvalue weighted by atomic mass is 9.98. The third-order valence-corrected chi connectivity index (χ3v) is 4.79. The van der Waals surface area contributed by atoms with Gasteiger partial charge in [-0.3, -0.25) is 9.59 Å². The zero-order chi connectivity index (χ0) is 18.5. The highest BCUT2D eigenvalue weighted by Crippen LogP contribution is 2.39. The summed E-state index contributed by atoms with van der Waals surface area (Å²) in [5.41, 5.74) is 1.86. The molecule has 2 aliphatic rings. The largest absolute Gasteiger partial charge is 0.417 e. The molecule has 0 fully saturated rings.